The van der Waals surface area contributed by atoms with E-state index >= 15 is 0 Å². The van der Waals surface area contributed by atoms with Crippen molar-refractivity contribution in [3.8, 4) is 0 Å². The first-order chi connectivity index (χ1) is 13.6. The molecule has 0 radical (unpaired) electrons. The van der Waals surface area contributed by atoms with Crippen molar-refractivity contribution in [2.75, 3.05) is 26.2 Å². The summed E-state index contributed by atoms with van der Waals surface area (Å²) in [6.45, 7) is 3.71. The van der Waals surface area contributed by atoms with Gasteiger partial charge in [0.25, 0.3) is 0 Å². The summed E-state index contributed by atoms with van der Waals surface area (Å²) in [5.74, 6) is -0.785. The molecule has 1 fully saturated rings. The highest BCUT2D eigenvalue weighted by Crippen LogP contribution is 2.26. The monoisotopic (exact) mass is 404 g/mol. The Bertz CT molecular complexity index is 779. The Morgan fingerprint density at radius 1 is 1.32 bits per heavy atom. The van der Waals surface area contributed by atoms with Gasteiger partial charge in [0.15, 0.2) is 0 Å². The van der Waals surface area contributed by atoms with Crippen LogP contribution in [0.3, 0.4) is 0 Å². The molecule has 1 aromatic heterocycles. The molecule has 2 atom stereocenters. The summed E-state index contributed by atoms with van der Waals surface area (Å²) in [7, 11) is 0. The van der Waals surface area contributed by atoms with Crippen LogP contribution >= 0.6 is 11.3 Å². The van der Waals surface area contributed by atoms with E-state index in [4.69, 9.17) is 4.74 Å². The average Bonchev–Trinajstić information content (AvgIpc) is 3.22. The Balaban J connectivity index is 1.64. The fourth-order valence-corrected chi connectivity index (χ4v) is 4.29. The van der Waals surface area contributed by atoms with Gasteiger partial charge in [0.1, 0.15) is 5.82 Å². The molecule has 1 amide bonds. The molecule has 0 saturated carbocycles. The van der Waals surface area contributed by atoms with E-state index in [1.54, 1.807) is 30.4 Å². The lowest BCUT2D eigenvalue weighted by molar-refractivity contribution is -0.150. The number of esters is 1. The molecular weight excluding hydrogens is 379 g/mol. The first kappa shape index (κ1) is 20.5. The molecule has 1 N–H and O–H groups in total. The number of carbonyl (C=O) groups excluding carboxylic acids is 2. The topological polar surface area (TPSA) is 58.6 Å². The van der Waals surface area contributed by atoms with Gasteiger partial charge in [-0.3, -0.25) is 14.5 Å². The van der Waals surface area contributed by atoms with Gasteiger partial charge in [-0.25, -0.2) is 4.39 Å². The van der Waals surface area contributed by atoms with E-state index in [0.29, 0.717) is 13.2 Å². The number of rotatable bonds is 7. The van der Waals surface area contributed by atoms with E-state index < -0.39 is 0 Å². The van der Waals surface area contributed by atoms with Crippen molar-refractivity contribution in [3.05, 3.63) is 58.0 Å². The number of ether oxygens (including phenoxy) is 1. The number of hydrogen-bond acceptors (Lipinski definition) is 5. The van der Waals surface area contributed by atoms with E-state index in [9.17, 15) is 14.0 Å². The minimum atomic E-state index is -0.321. The number of thiophene rings is 1. The third-order valence-electron chi connectivity index (χ3n) is 4.83. The smallest absolute Gasteiger partial charge is 0.310 e. The van der Waals surface area contributed by atoms with Gasteiger partial charge in [0, 0.05) is 11.4 Å². The summed E-state index contributed by atoms with van der Waals surface area (Å²) in [5, 5.41) is 5.01. The van der Waals surface area contributed by atoms with Crippen LogP contribution in [0.5, 0.6) is 0 Å². The largest absolute Gasteiger partial charge is 0.466 e. The van der Waals surface area contributed by atoms with Gasteiger partial charge < -0.3 is 10.1 Å². The average molecular weight is 405 g/mol. The molecule has 2 unspecified atom stereocenters. The zero-order valence-corrected chi connectivity index (χ0v) is 16.7. The minimum Gasteiger partial charge on any atom is -0.466 e. The van der Waals surface area contributed by atoms with Gasteiger partial charge in [-0.05, 0) is 55.5 Å². The Morgan fingerprint density at radius 3 is 2.79 bits per heavy atom. The first-order valence-corrected chi connectivity index (χ1v) is 10.4. The van der Waals surface area contributed by atoms with Crippen LogP contribution in [0.4, 0.5) is 4.39 Å². The van der Waals surface area contributed by atoms with Crippen LogP contribution in [0.2, 0.25) is 0 Å². The quantitative estimate of drug-likeness (QED) is 0.719. The molecule has 28 heavy (non-hydrogen) atoms. The van der Waals surface area contributed by atoms with Crippen LogP contribution in [0.15, 0.2) is 41.8 Å². The summed E-state index contributed by atoms with van der Waals surface area (Å²) in [6, 6.07) is 9.75. The highest BCUT2D eigenvalue weighted by Gasteiger charge is 2.28. The van der Waals surface area contributed by atoms with E-state index in [1.165, 1.54) is 12.1 Å². The second-order valence-electron chi connectivity index (χ2n) is 6.89. The van der Waals surface area contributed by atoms with Crippen LogP contribution < -0.4 is 5.32 Å². The lowest BCUT2D eigenvalue weighted by Crippen LogP contribution is -2.45. The molecule has 2 aromatic rings. The van der Waals surface area contributed by atoms with E-state index in [0.717, 1.165) is 29.8 Å². The summed E-state index contributed by atoms with van der Waals surface area (Å²) in [5.41, 5.74) is 0.834. The van der Waals surface area contributed by atoms with Crippen LogP contribution in [-0.2, 0) is 14.3 Å². The van der Waals surface area contributed by atoms with E-state index in [1.807, 2.05) is 22.4 Å². The molecule has 5 nitrogen and oxygen atoms in total. The van der Waals surface area contributed by atoms with Crippen molar-refractivity contribution in [2.24, 2.45) is 5.92 Å². The molecule has 2 heterocycles. The Labute approximate surface area is 168 Å². The van der Waals surface area contributed by atoms with Crippen molar-refractivity contribution in [2.45, 2.75) is 25.8 Å². The predicted molar refractivity (Wildman–Crippen MR) is 107 cm³/mol. The highest BCUT2D eigenvalue weighted by atomic mass is 32.1. The molecule has 0 aliphatic carbocycles. The molecule has 150 valence electrons. The van der Waals surface area contributed by atoms with Crippen LogP contribution in [0, 0.1) is 11.7 Å². The second kappa shape index (κ2) is 9.80. The van der Waals surface area contributed by atoms with Gasteiger partial charge in [-0.1, -0.05) is 18.2 Å². The number of hydrogen-bond donors (Lipinski definition) is 1. The Morgan fingerprint density at radius 2 is 2.11 bits per heavy atom. The number of nitrogens with one attached hydrogen (secondary N) is 1. The summed E-state index contributed by atoms with van der Waals surface area (Å²) < 4.78 is 18.4. The predicted octanol–water partition coefficient (Wildman–Crippen LogP) is 3.37. The molecule has 0 spiro atoms. The number of piperidine rings is 1. The molecule has 3 rings (SSSR count). The molecule has 1 aliphatic rings. The van der Waals surface area contributed by atoms with Crippen molar-refractivity contribution >= 4 is 23.2 Å². The zero-order chi connectivity index (χ0) is 19.9. The lowest BCUT2D eigenvalue weighted by atomic mass is 9.98. The van der Waals surface area contributed by atoms with E-state index in [2.05, 4.69) is 5.32 Å². The number of amides is 1. The fraction of sp³-hybridized carbons (Fsp3) is 0.429. The molecule has 1 aromatic carbocycles. The number of likely N-dealkylation sites (tertiary alicyclic amines) is 1. The van der Waals surface area contributed by atoms with Crippen molar-refractivity contribution in [1.82, 2.24) is 10.2 Å². The molecular formula is C21H25FN2O3S. The highest BCUT2D eigenvalue weighted by molar-refractivity contribution is 7.10. The summed E-state index contributed by atoms with van der Waals surface area (Å²) >= 11 is 1.54. The lowest BCUT2D eigenvalue weighted by Gasteiger charge is -2.31. The zero-order valence-electron chi connectivity index (χ0n) is 15.9. The maximum absolute atomic E-state index is 13.3. The first-order valence-electron chi connectivity index (χ1n) is 9.54. The summed E-state index contributed by atoms with van der Waals surface area (Å²) in [6.07, 6.45) is 1.66. The number of halogens is 1. The SMILES string of the molecule is CCOC(=O)C1CCCN(CC(=O)NC(c2ccc(F)cc2)c2cccs2)C1. The molecule has 1 saturated heterocycles. The molecule has 1 aliphatic heterocycles. The van der Waals surface area contributed by atoms with E-state index in [-0.39, 0.29) is 36.2 Å². The maximum Gasteiger partial charge on any atom is 0.310 e. The second-order valence-corrected chi connectivity index (χ2v) is 7.87. The van der Waals surface area contributed by atoms with Crippen LogP contribution in [0.1, 0.15) is 36.2 Å². The van der Waals surface area contributed by atoms with Crippen molar-refractivity contribution in [1.29, 1.82) is 0 Å². The minimum absolute atomic E-state index is 0.118. The fourth-order valence-electron chi connectivity index (χ4n) is 3.49. The van der Waals surface area contributed by atoms with Crippen molar-refractivity contribution < 1.29 is 18.7 Å². The van der Waals surface area contributed by atoms with Gasteiger partial charge in [0.05, 0.1) is 25.1 Å². The Hall–Kier alpha value is -2.25. The third kappa shape index (κ3) is 5.39. The van der Waals surface area contributed by atoms with Gasteiger partial charge in [-0.15, -0.1) is 11.3 Å². The number of carbonyl (C=O) groups is 2. The number of benzene rings is 1. The van der Waals surface area contributed by atoms with Gasteiger partial charge in [-0.2, -0.15) is 0 Å². The van der Waals surface area contributed by atoms with Crippen molar-refractivity contribution in [3.63, 3.8) is 0 Å². The molecule has 0 bridgehead atoms. The standard InChI is InChI=1S/C21H25FN2O3S/c1-2-27-21(26)16-5-3-11-24(13-16)14-19(25)23-20(18-6-4-12-28-18)15-7-9-17(22)10-8-15/h4,6-10,12,16,20H,2-3,5,11,13-14H2,1H3,(H,23,25). The Kier molecular flexibility index (Phi) is 7.17. The summed E-state index contributed by atoms with van der Waals surface area (Å²) in [4.78, 5) is 27.7. The third-order valence-corrected chi connectivity index (χ3v) is 5.77. The van der Waals surface area contributed by atoms with Crippen LogP contribution in [-0.4, -0.2) is 43.0 Å². The maximum atomic E-state index is 13.3. The van der Waals surface area contributed by atoms with Gasteiger partial charge >= 0.3 is 5.97 Å². The normalized spacial score (nSPS) is 18.4. The van der Waals surface area contributed by atoms with Gasteiger partial charge in [0.2, 0.25) is 5.91 Å². The number of nitrogens with zero attached hydrogens (tertiary/aromatic N) is 1. The van der Waals surface area contributed by atoms with Crippen LogP contribution in [0.25, 0.3) is 0 Å². The molecule has 7 heteroatoms.